The summed E-state index contributed by atoms with van der Waals surface area (Å²) >= 11 is 0. The van der Waals surface area contributed by atoms with Gasteiger partial charge in [-0.2, -0.15) is 0 Å². The fourth-order valence-corrected chi connectivity index (χ4v) is 6.02. The quantitative estimate of drug-likeness (QED) is 0.0817. The van der Waals surface area contributed by atoms with Crippen LogP contribution < -0.4 is 5.11 Å². The first kappa shape index (κ1) is 25.4. The highest BCUT2D eigenvalue weighted by atomic mass is 28.4. The summed E-state index contributed by atoms with van der Waals surface area (Å²) in [7, 11) is -1.93. The summed E-state index contributed by atoms with van der Waals surface area (Å²) in [6.45, 7) is 8.52. The summed E-state index contributed by atoms with van der Waals surface area (Å²) in [5.41, 5.74) is 6.08. The average Bonchev–Trinajstić information content (AvgIpc) is 2.65. The van der Waals surface area contributed by atoms with Crippen molar-refractivity contribution in [1.29, 1.82) is 5.53 Å². The van der Waals surface area contributed by atoms with E-state index >= 15 is 0 Å². The van der Waals surface area contributed by atoms with Crippen LogP contribution in [0.5, 0.6) is 0 Å². The molecule has 0 aromatic rings. The Bertz CT molecular complexity index is 530. The van der Waals surface area contributed by atoms with Gasteiger partial charge in [0.1, 0.15) is 0 Å². The standard InChI is InChI=1S/C20H36N2O4Si/c1-5-9-10-11-12-13-14-15-17(26-27(6-2,7-3)8-4)16-18(23)19(22-21)20(24)25/h12-13,17,21H,5-11,14-16H2,1-4H3. The van der Waals surface area contributed by atoms with E-state index in [-0.39, 0.29) is 12.5 Å². The molecule has 0 aliphatic carbocycles. The largest absolute Gasteiger partial charge is 0.538 e. The molecule has 0 aromatic heterocycles. The van der Waals surface area contributed by atoms with Gasteiger partial charge in [-0.3, -0.25) is 4.79 Å². The van der Waals surface area contributed by atoms with Crippen LogP contribution in [-0.2, 0) is 14.0 Å². The van der Waals surface area contributed by atoms with E-state index in [2.05, 4.69) is 44.6 Å². The fourth-order valence-electron chi connectivity index (χ4n) is 3.11. The lowest BCUT2D eigenvalue weighted by Gasteiger charge is -2.33. The topological polar surface area (TPSA) is 104 Å². The molecule has 0 heterocycles. The molecule has 0 aliphatic rings. The predicted octanol–water partition coefficient (Wildman–Crippen LogP) is 3.68. The summed E-state index contributed by atoms with van der Waals surface area (Å²) in [5, 5.41) is 11.0. The first-order valence-corrected chi connectivity index (χ1v) is 12.7. The molecule has 0 saturated carbocycles. The van der Waals surface area contributed by atoms with Crippen molar-refractivity contribution in [2.75, 3.05) is 0 Å². The molecule has 1 atom stereocenters. The summed E-state index contributed by atoms with van der Waals surface area (Å²) in [5.74, 6) is -2.39. The lowest BCUT2D eigenvalue weighted by atomic mass is 10.0. The Morgan fingerprint density at radius 1 is 1.07 bits per heavy atom. The SMILES string of the molecule is CCCCCC=CCCC(CC(=O)C(=[N+]=N)C(=O)[O-])O[Si](CC)(CC)CC. The Kier molecular flexibility index (Phi) is 13.7. The van der Waals surface area contributed by atoms with Gasteiger partial charge >= 0.3 is 5.71 Å². The Labute approximate surface area is 164 Å². The normalized spacial score (nSPS) is 12.7. The zero-order chi connectivity index (χ0) is 20.7. The molecule has 0 saturated heterocycles. The number of hydrogen-bond acceptors (Lipinski definition) is 5. The van der Waals surface area contributed by atoms with Gasteiger partial charge in [-0.25, -0.2) is 0 Å². The molecule has 0 bridgehead atoms. The number of allylic oxidation sites excluding steroid dienone is 2. The molecule has 0 amide bonds. The van der Waals surface area contributed by atoms with Crippen molar-refractivity contribution in [3.8, 4) is 0 Å². The maximum atomic E-state index is 12.2. The molecule has 0 aliphatic heterocycles. The zero-order valence-corrected chi connectivity index (χ0v) is 18.4. The van der Waals surface area contributed by atoms with Crippen LogP contribution in [-0.4, -0.2) is 36.7 Å². The minimum Gasteiger partial charge on any atom is -0.538 e. The van der Waals surface area contributed by atoms with Gasteiger partial charge < -0.3 is 14.3 Å². The number of unbranched alkanes of at least 4 members (excludes halogenated alkanes) is 3. The number of carbonyl (C=O) groups excluding carboxylic acids is 2. The molecule has 7 heteroatoms. The van der Waals surface area contributed by atoms with E-state index in [1.807, 2.05) is 0 Å². The predicted molar refractivity (Wildman–Crippen MR) is 107 cm³/mol. The number of ketones is 1. The molecule has 1 unspecified atom stereocenters. The van der Waals surface area contributed by atoms with Crippen LogP contribution in [0.15, 0.2) is 12.2 Å². The summed E-state index contributed by atoms with van der Waals surface area (Å²) in [4.78, 5) is 26.0. The van der Waals surface area contributed by atoms with Gasteiger partial charge in [0.25, 0.3) is 5.78 Å². The molecule has 1 N–H and O–H groups in total. The molecule has 0 radical (unpaired) electrons. The number of Topliss-reactive ketones (excluding diaryl/α,β-unsaturated/α-hetero) is 1. The van der Waals surface area contributed by atoms with Gasteiger partial charge in [0.15, 0.2) is 14.3 Å². The smallest absolute Gasteiger partial charge is 0.429 e. The van der Waals surface area contributed by atoms with Gasteiger partial charge in [0.05, 0.1) is 16.4 Å². The van der Waals surface area contributed by atoms with Crippen LogP contribution in [0.2, 0.25) is 18.1 Å². The number of carboxylic acids is 1. The van der Waals surface area contributed by atoms with Crippen molar-refractivity contribution in [2.45, 2.75) is 96.9 Å². The van der Waals surface area contributed by atoms with Crippen molar-refractivity contribution in [3.63, 3.8) is 0 Å². The lowest BCUT2D eigenvalue weighted by Crippen LogP contribution is -2.43. The van der Waals surface area contributed by atoms with Crippen molar-refractivity contribution < 1.29 is 23.9 Å². The fraction of sp³-hybridized carbons (Fsp3) is 0.750. The van der Waals surface area contributed by atoms with E-state index < -0.39 is 25.8 Å². The van der Waals surface area contributed by atoms with Gasteiger partial charge in [-0.15, -0.1) is 0 Å². The molecule has 0 fully saturated rings. The molecular formula is C20H36N2O4Si. The summed E-state index contributed by atoms with van der Waals surface area (Å²) in [6.07, 6.45) is 9.95. The Balaban J connectivity index is 5.02. The average molecular weight is 397 g/mol. The number of carboxylic acid groups (broad SMARTS) is 1. The molecule has 27 heavy (non-hydrogen) atoms. The van der Waals surface area contributed by atoms with Crippen LogP contribution in [0.1, 0.15) is 72.6 Å². The van der Waals surface area contributed by atoms with Crippen LogP contribution in [0.4, 0.5) is 0 Å². The molecule has 154 valence electrons. The third-order valence-corrected chi connectivity index (χ3v) is 9.83. The van der Waals surface area contributed by atoms with Crippen molar-refractivity contribution >= 4 is 25.8 Å². The summed E-state index contributed by atoms with van der Waals surface area (Å²) in [6, 6.07) is 2.87. The van der Waals surface area contributed by atoms with E-state index in [0.29, 0.717) is 6.42 Å². The third kappa shape index (κ3) is 9.80. The maximum absolute atomic E-state index is 12.2. The lowest BCUT2D eigenvalue weighted by molar-refractivity contribution is -0.298. The summed E-state index contributed by atoms with van der Waals surface area (Å²) < 4.78 is 6.43. The van der Waals surface area contributed by atoms with Gasteiger partial charge in [0.2, 0.25) is 0 Å². The van der Waals surface area contributed by atoms with Crippen LogP contribution in [0.3, 0.4) is 0 Å². The van der Waals surface area contributed by atoms with E-state index in [1.54, 1.807) is 0 Å². The van der Waals surface area contributed by atoms with E-state index in [4.69, 9.17) is 9.96 Å². The molecule has 0 rings (SSSR count). The molecule has 6 nitrogen and oxygen atoms in total. The highest BCUT2D eigenvalue weighted by Crippen LogP contribution is 2.26. The minimum atomic E-state index is -1.93. The highest BCUT2D eigenvalue weighted by molar-refractivity contribution is 6.73. The number of rotatable bonds is 16. The van der Waals surface area contributed by atoms with E-state index in [9.17, 15) is 14.7 Å². The third-order valence-electron chi connectivity index (χ3n) is 5.13. The Morgan fingerprint density at radius 2 is 1.67 bits per heavy atom. The number of nitrogens with one attached hydrogen (secondary N) is 1. The highest BCUT2D eigenvalue weighted by Gasteiger charge is 2.34. The first-order valence-electron chi connectivity index (χ1n) is 10.2. The van der Waals surface area contributed by atoms with E-state index in [1.165, 1.54) is 19.3 Å². The van der Waals surface area contributed by atoms with Gasteiger partial charge in [0, 0.05) is 6.42 Å². The molecule has 0 spiro atoms. The van der Waals surface area contributed by atoms with Crippen molar-refractivity contribution in [1.82, 2.24) is 0 Å². The monoisotopic (exact) mass is 396 g/mol. The van der Waals surface area contributed by atoms with E-state index in [0.717, 1.165) is 31.0 Å². The number of aliphatic carboxylic acids is 1. The number of nitrogens with zero attached hydrogens (tertiary/aromatic N) is 1. The van der Waals surface area contributed by atoms with Crippen LogP contribution in [0.25, 0.3) is 0 Å². The first-order chi connectivity index (χ1) is 12.9. The minimum absolute atomic E-state index is 0.0654. The molecule has 0 aromatic carbocycles. The van der Waals surface area contributed by atoms with Crippen molar-refractivity contribution in [3.05, 3.63) is 12.2 Å². The van der Waals surface area contributed by atoms with Crippen LogP contribution in [0, 0.1) is 5.53 Å². The van der Waals surface area contributed by atoms with Gasteiger partial charge in [-0.05, 0) is 43.8 Å². The van der Waals surface area contributed by atoms with Crippen molar-refractivity contribution in [2.24, 2.45) is 0 Å². The second kappa shape index (κ2) is 14.5. The Hall–Kier alpha value is -1.56. The maximum Gasteiger partial charge on any atom is 0.429 e. The molecular weight excluding hydrogens is 360 g/mol. The second-order valence-corrected chi connectivity index (χ2v) is 11.6. The zero-order valence-electron chi connectivity index (χ0n) is 17.4. The second-order valence-electron chi connectivity index (χ2n) is 6.90. The Morgan fingerprint density at radius 3 is 2.15 bits per heavy atom. The number of carbonyl (C=O) groups is 2. The number of hydrogen-bond donors (Lipinski definition) is 1. The van der Waals surface area contributed by atoms with Gasteiger partial charge in [-0.1, -0.05) is 52.7 Å². The van der Waals surface area contributed by atoms with Crippen LogP contribution >= 0.6 is 0 Å².